The molecular weight excluding hydrogens is 361 g/mol. The van der Waals surface area contributed by atoms with Gasteiger partial charge in [0.1, 0.15) is 12.4 Å². The highest BCUT2D eigenvalue weighted by atomic mass is 19.1. The van der Waals surface area contributed by atoms with Gasteiger partial charge in [-0.3, -0.25) is 9.89 Å². The van der Waals surface area contributed by atoms with Crippen LogP contribution in [0, 0.1) is 5.82 Å². The molecule has 1 N–H and O–H groups in total. The highest BCUT2D eigenvalue weighted by Crippen LogP contribution is 2.28. The number of benzene rings is 2. The van der Waals surface area contributed by atoms with E-state index >= 15 is 0 Å². The molecule has 0 saturated heterocycles. The number of carbonyl (C=O) groups excluding carboxylic acids is 1. The van der Waals surface area contributed by atoms with Crippen molar-refractivity contribution in [2.45, 2.75) is 19.6 Å². The molecule has 3 aromatic rings. The van der Waals surface area contributed by atoms with E-state index in [4.69, 9.17) is 9.47 Å². The summed E-state index contributed by atoms with van der Waals surface area (Å²) in [5, 5.41) is 6.83. The van der Waals surface area contributed by atoms with Gasteiger partial charge in [-0.1, -0.05) is 30.3 Å². The smallest absolute Gasteiger partial charge is 0.274 e. The standard InChI is InChI=1S/C21H22FN3O3/c1-14(16-8-4-6-10-19(16)27-3)25(2)21(26)18-12-15(23-24-18)13-28-20-11-7-5-9-17(20)22/h4-12,14H,13H2,1-3H3,(H,23,24)/t14-/m0/s1. The molecule has 0 radical (unpaired) electrons. The van der Waals surface area contributed by atoms with Gasteiger partial charge >= 0.3 is 0 Å². The Balaban J connectivity index is 1.68. The first kappa shape index (κ1) is 19.4. The quantitative estimate of drug-likeness (QED) is 0.670. The second-order valence-corrected chi connectivity index (χ2v) is 6.33. The van der Waals surface area contributed by atoms with E-state index in [-0.39, 0.29) is 30.0 Å². The minimum Gasteiger partial charge on any atom is -0.496 e. The first-order valence-electron chi connectivity index (χ1n) is 8.83. The average Bonchev–Trinajstić information content (AvgIpc) is 3.20. The van der Waals surface area contributed by atoms with Gasteiger partial charge in [0.25, 0.3) is 5.91 Å². The third kappa shape index (κ3) is 4.14. The first-order chi connectivity index (χ1) is 13.5. The Morgan fingerprint density at radius 1 is 1.18 bits per heavy atom. The second-order valence-electron chi connectivity index (χ2n) is 6.33. The van der Waals surface area contributed by atoms with E-state index in [0.717, 1.165) is 11.3 Å². The number of para-hydroxylation sites is 2. The van der Waals surface area contributed by atoms with Crippen molar-refractivity contribution in [2.75, 3.05) is 14.2 Å². The maximum Gasteiger partial charge on any atom is 0.274 e. The Kier molecular flexibility index (Phi) is 5.93. The number of carbonyl (C=O) groups is 1. The van der Waals surface area contributed by atoms with Crippen molar-refractivity contribution in [1.29, 1.82) is 0 Å². The van der Waals surface area contributed by atoms with Crippen LogP contribution < -0.4 is 9.47 Å². The molecule has 28 heavy (non-hydrogen) atoms. The zero-order chi connectivity index (χ0) is 20.1. The molecule has 1 aromatic heterocycles. The van der Waals surface area contributed by atoms with Crippen molar-refractivity contribution in [3.8, 4) is 11.5 Å². The predicted molar refractivity (Wildman–Crippen MR) is 103 cm³/mol. The van der Waals surface area contributed by atoms with Crippen LogP contribution in [0.5, 0.6) is 11.5 Å². The summed E-state index contributed by atoms with van der Waals surface area (Å²) in [6.45, 7) is 2.00. The number of nitrogens with one attached hydrogen (secondary N) is 1. The van der Waals surface area contributed by atoms with Gasteiger partial charge in [0.15, 0.2) is 17.3 Å². The van der Waals surface area contributed by atoms with Crippen LogP contribution in [0.2, 0.25) is 0 Å². The van der Waals surface area contributed by atoms with Crippen molar-refractivity contribution in [3.05, 3.63) is 77.4 Å². The topological polar surface area (TPSA) is 67.4 Å². The lowest BCUT2D eigenvalue weighted by Gasteiger charge is -2.25. The summed E-state index contributed by atoms with van der Waals surface area (Å²) in [6.07, 6.45) is 0. The van der Waals surface area contributed by atoms with Crippen molar-refractivity contribution in [2.24, 2.45) is 0 Å². The summed E-state index contributed by atoms with van der Waals surface area (Å²) in [5.74, 6) is 0.179. The number of aromatic amines is 1. The lowest BCUT2D eigenvalue weighted by atomic mass is 10.1. The Morgan fingerprint density at radius 3 is 2.57 bits per heavy atom. The van der Waals surface area contributed by atoms with Crippen LogP contribution in [0.15, 0.2) is 54.6 Å². The van der Waals surface area contributed by atoms with E-state index < -0.39 is 5.82 Å². The number of nitrogens with zero attached hydrogens (tertiary/aromatic N) is 2. The van der Waals surface area contributed by atoms with E-state index in [9.17, 15) is 9.18 Å². The molecule has 146 valence electrons. The average molecular weight is 383 g/mol. The Hall–Kier alpha value is -3.35. The molecule has 2 aromatic carbocycles. The predicted octanol–water partition coefficient (Wildman–Crippen LogP) is 3.97. The molecule has 0 aliphatic rings. The molecule has 0 bridgehead atoms. The maximum atomic E-state index is 13.6. The zero-order valence-electron chi connectivity index (χ0n) is 16.0. The highest BCUT2D eigenvalue weighted by molar-refractivity contribution is 5.92. The highest BCUT2D eigenvalue weighted by Gasteiger charge is 2.23. The largest absolute Gasteiger partial charge is 0.496 e. The number of H-pyrrole nitrogens is 1. The minimum atomic E-state index is -0.441. The van der Waals surface area contributed by atoms with Crippen molar-refractivity contribution in [1.82, 2.24) is 15.1 Å². The van der Waals surface area contributed by atoms with E-state index in [1.54, 1.807) is 43.3 Å². The van der Waals surface area contributed by atoms with Gasteiger partial charge in [-0.25, -0.2) is 4.39 Å². The maximum absolute atomic E-state index is 13.6. The van der Waals surface area contributed by atoms with Gasteiger partial charge in [-0.2, -0.15) is 5.10 Å². The SMILES string of the molecule is COc1ccccc1[C@H](C)N(C)C(=O)c1cc(COc2ccccc2F)[nH]n1. The number of hydrogen-bond acceptors (Lipinski definition) is 4. The summed E-state index contributed by atoms with van der Waals surface area (Å²) in [5.41, 5.74) is 1.74. The molecule has 1 amide bonds. The number of aromatic nitrogens is 2. The molecule has 6 nitrogen and oxygen atoms in total. The van der Waals surface area contributed by atoms with E-state index in [2.05, 4.69) is 10.2 Å². The lowest BCUT2D eigenvalue weighted by Crippen LogP contribution is -2.30. The molecule has 0 aliphatic heterocycles. The van der Waals surface area contributed by atoms with Crippen molar-refractivity contribution < 1.29 is 18.7 Å². The van der Waals surface area contributed by atoms with Crippen LogP contribution in [0.4, 0.5) is 4.39 Å². The summed E-state index contributed by atoms with van der Waals surface area (Å²) < 4.78 is 24.4. The summed E-state index contributed by atoms with van der Waals surface area (Å²) in [4.78, 5) is 14.4. The molecular formula is C21H22FN3O3. The van der Waals surface area contributed by atoms with Crippen molar-refractivity contribution in [3.63, 3.8) is 0 Å². The molecule has 0 fully saturated rings. The molecule has 0 unspecified atom stereocenters. The lowest BCUT2D eigenvalue weighted by molar-refractivity contribution is 0.0735. The van der Waals surface area contributed by atoms with Crippen molar-refractivity contribution >= 4 is 5.91 Å². The fraction of sp³-hybridized carbons (Fsp3) is 0.238. The van der Waals surface area contributed by atoms with Gasteiger partial charge in [0.2, 0.25) is 0 Å². The first-order valence-corrected chi connectivity index (χ1v) is 8.83. The third-order valence-corrected chi connectivity index (χ3v) is 4.56. The summed E-state index contributed by atoms with van der Waals surface area (Å²) in [6, 6.07) is 15.1. The van der Waals surface area contributed by atoms with Gasteiger partial charge in [0.05, 0.1) is 18.8 Å². The van der Waals surface area contributed by atoms with E-state index in [1.807, 2.05) is 31.2 Å². The number of methoxy groups -OCH3 is 1. The molecule has 0 spiro atoms. The van der Waals surface area contributed by atoms with Crippen LogP contribution in [0.1, 0.15) is 34.7 Å². The number of hydrogen-bond donors (Lipinski definition) is 1. The van der Waals surface area contributed by atoms with Crippen LogP contribution >= 0.6 is 0 Å². The van der Waals surface area contributed by atoms with Gasteiger partial charge in [-0.15, -0.1) is 0 Å². The Bertz CT molecular complexity index is 957. The fourth-order valence-electron chi connectivity index (χ4n) is 2.84. The van der Waals surface area contributed by atoms with Gasteiger partial charge in [0, 0.05) is 12.6 Å². The molecule has 7 heteroatoms. The minimum absolute atomic E-state index is 0.0764. The summed E-state index contributed by atoms with van der Waals surface area (Å²) in [7, 11) is 3.31. The third-order valence-electron chi connectivity index (χ3n) is 4.56. The molecule has 0 saturated carbocycles. The van der Waals surface area contributed by atoms with Crippen LogP contribution in [0.3, 0.4) is 0 Å². The normalized spacial score (nSPS) is 11.7. The van der Waals surface area contributed by atoms with E-state index in [0.29, 0.717) is 5.69 Å². The molecule has 0 aliphatic carbocycles. The number of amides is 1. The number of halogens is 1. The second kappa shape index (κ2) is 8.56. The Morgan fingerprint density at radius 2 is 1.86 bits per heavy atom. The van der Waals surface area contributed by atoms with E-state index in [1.165, 1.54) is 6.07 Å². The number of rotatable bonds is 7. The van der Waals surface area contributed by atoms with Gasteiger partial charge in [-0.05, 0) is 31.2 Å². The van der Waals surface area contributed by atoms with Crippen LogP contribution in [-0.4, -0.2) is 35.2 Å². The van der Waals surface area contributed by atoms with Crippen LogP contribution in [-0.2, 0) is 6.61 Å². The monoisotopic (exact) mass is 383 g/mol. The van der Waals surface area contributed by atoms with Gasteiger partial charge < -0.3 is 14.4 Å². The molecule has 3 rings (SSSR count). The fourth-order valence-corrected chi connectivity index (χ4v) is 2.84. The Labute approximate surface area is 162 Å². The molecule has 1 heterocycles. The summed E-state index contributed by atoms with van der Waals surface area (Å²) >= 11 is 0. The van der Waals surface area contributed by atoms with Crippen LogP contribution in [0.25, 0.3) is 0 Å². The zero-order valence-corrected chi connectivity index (χ0v) is 16.0. The number of ether oxygens (including phenoxy) is 2. The molecule has 1 atom stereocenters.